The number of nitrogens with zero attached hydrogens (tertiary/aromatic N) is 2. The van der Waals surface area contributed by atoms with Gasteiger partial charge in [-0.1, -0.05) is 29.8 Å². The summed E-state index contributed by atoms with van der Waals surface area (Å²) in [6, 6.07) is 8.92. The van der Waals surface area contributed by atoms with E-state index in [1.165, 1.54) is 12.8 Å². The lowest BCUT2D eigenvalue weighted by Gasteiger charge is -2.25. The number of halogens is 1. The summed E-state index contributed by atoms with van der Waals surface area (Å²) in [5, 5.41) is 7.49. The van der Waals surface area contributed by atoms with Crippen molar-refractivity contribution >= 4 is 28.1 Å². The van der Waals surface area contributed by atoms with E-state index in [1.807, 2.05) is 18.2 Å². The molecule has 0 saturated heterocycles. The van der Waals surface area contributed by atoms with Gasteiger partial charge in [-0.05, 0) is 31.4 Å². The monoisotopic (exact) mass is 321 g/mol. The Labute approximate surface area is 135 Å². The van der Waals surface area contributed by atoms with Crippen LogP contribution in [0.2, 0.25) is 5.02 Å². The number of hydrogen-bond acceptors (Lipinski definition) is 4. The third-order valence-electron chi connectivity index (χ3n) is 3.93. The molecule has 1 unspecified atom stereocenters. The molecule has 1 aromatic heterocycles. The Bertz CT molecular complexity index is 609. The molecule has 0 aliphatic heterocycles. The molecule has 1 atom stereocenters. The van der Waals surface area contributed by atoms with Gasteiger partial charge >= 0.3 is 0 Å². The van der Waals surface area contributed by atoms with Crippen LogP contribution in [0.5, 0.6) is 0 Å². The van der Waals surface area contributed by atoms with Crippen LogP contribution in [-0.4, -0.2) is 18.1 Å². The minimum Gasteiger partial charge on any atom is -0.344 e. The van der Waals surface area contributed by atoms with E-state index in [2.05, 4.69) is 35.6 Å². The van der Waals surface area contributed by atoms with Crippen LogP contribution in [0.1, 0.15) is 37.1 Å². The molecule has 21 heavy (non-hydrogen) atoms. The molecule has 1 saturated carbocycles. The van der Waals surface area contributed by atoms with Gasteiger partial charge in [0, 0.05) is 30.0 Å². The highest BCUT2D eigenvalue weighted by Crippen LogP contribution is 2.31. The van der Waals surface area contributed by atoms with Gasteiger partial charge < -0.3 is 10.2 Å². The molecule has 112 valence electrons. The molecule has 3 nitrogen and oxygen atoms in total. The van der Waals surface area contributed by atoms with Gasteiger partial charge in [0.2, 0.25) is 0 Å². The Morgan fingerprint density at radius 3 is 2.90 bits per heavy atom. The van der Waals surface area contributed by atoms with Gasteiger partial charge in [0.1, 0.15) is 0 Å². The normalized spacial score (nSPS) is 16.0. The molecule has 0 bridgehead atoms. The zero-order valence-corrected chi connectivity index (χ0v) is 13.9. The highest BCUT2D eigenvalue weighted by molar-refractivity contribution is 7.13. The summed E-state index contributed by atoms with van der Waals surface area (Å²) >= 11 is 7.98. The van der Waals surface area contributed by atoms with Crippen LogP contribution >= 0.6 is 22.9 Å². The van der Waals surface area contributed by atoms with E-state index in [9.17, 15) is 0 Å². The van der Waals surface area contributed by atoms with Gasteiger partial charge in [-0.2, -0.15) is 0 Å². The lowest BCUT2D eigenvalue weighted by Crippen LogP contribution is -2.22. The second kappa shape index (κ2) is 6.34. The van der Waals surface area contributed by atoms with Crippen molar-refractivity contribution in [3.8, 4) is 0 Å². The average Bonchev–Trinajstić information content (AvgIpc) is 3.21. The van der Waals surface area contributed by atoms with Crippen molar-refractivity contribution in [2.75, 3.05) is 11.9 Å². The zero-order chi connectivity index (χ0) is 14.8. The molecule has 1 heterocycles. The maximum atomic E-state index is 6.29. The first-order chi connectivity index (χ1) is 10.1. The maximum Gasteiger partial charge on any atom is 0.185 e. The first-order valence-corrected chi connectivity index (χ1v) is 8.56. The van der Waals surface area contributed by atoms with Crippen molar-refractivity contribution in [2.45, 2.75) is 38.4 Å². The lowest BCUT2D eigenvalue weighted by atomic mass is 10.1. The van der Waals surface area contributed by atoms with Crippen LogP contribution in [-0.2, 0) is 6.54 Å². The third kappa shape index (κ3) is 3.57. The van der Waals surface area contributed by atoms with Crippen molar-refractivity contribution < 1.29 is 0 Å². The van der Waals surface area contributed by atoms with Crippen LogP contribution in [0.3, 0.4) is 0 Å². The summed E-state index contributed by atoms with van der Waals surface area (Å²) in [6.45, 7) is 3.03. The largest absolute Gasteiger partial charge is 0.344 e. The number of anilines is 1. The summed E-state index contributed by atoms with van der Waals surface area (Å²) < 4.78 is 0. The van der Waals surface area contributed by atoms with E-state index in [0.717, 1.165) is 34.0 Å². The highest BCUT2D eigenvalue weighted by Gasteiger charge is 2.21. The number of thiazole rings is 1. The van der Waals surface area contributed by atoms with E-state index >= 15 is 0 Å². The highest BCUT2D eigenvalue weighted by atomic mass is 35.5. The van der Waals surface area contributed by atoms with Crippen molar-refractivity contribution in [1.29, 1.82) is 0 Å². The third-order valence-corrected chi connectivity index (χ3v) is 5.25. The van der Waals surface area contributed by atoms with Gasteiger partial charge in [0.05, 0.1) is 11.7 Å². The van der Waals surface area contributed by atoms with Crippen LogP contribution in [0.4, 0.5) is 5.13 Å². The molecule has 3 rings (SSSR count). The molecule has 0 amide bonds. The number of nitrogens with one attached hydrogen (secondary N) is 1. The van der Waals surface area contributed by atoms with Crippen molar-refractivity contribution in [3.05, 3.63) is 45.9 Å². The van der Waals surface area contributed by atoms with Crippen LogP contribution in [0.15, 0.2) is 29.6 Å². The van der Waals surface area contributed by atoms with Crippen molar-refractivity contribution in [3.63, 3.8) is 0 Å². The van der Waals surface area contributed by atoms with E-state index in [1.54, 1.807) is 11.3 Å². The van der Waals surface area contributed by atoms with Gasteiger partial charge in [0.25, 0.3) is 0 Å². The Morgan fingerprint density at radius 1 is 1.43 bits per heavy atom. The SMILES string of the molecule is CC(c1ccccc1Cl)N(C)c1nc(CNC2CC2)cs1. The number of rotatable bonds is 6. The van der Waals surface area contributed by atoms with Crippen molar-refractivity contribution in [2.24, 2.45) is 0 Å². The number of hydrogen-bond donors (Lipinski definition) is 1. The standard InChI is InChI=1S/C16H20ClN3S/c1-11(14-5-3-4-6-15(14)17)20(2)16-19-13(10-21-16)9-18-12-7-8-12/h3-6,10-12,18H,7-9H2,1-2H3. The summed E-state index contributed by atoms with van der Waals surface area (Å²) in [6.07, 6.45) is 2.61. The Balaban J connectivity index is 1.69. The fourth-order valence-corrected chi connectivity index (χ4v) is 3.43. The Hall–Kier alpha value is -1.10. The fraction of sp³-hybridized carbons (Fsp3) is 0.438. The molecule has 1 fully saturated rings. The minimum absolute atomic E-state index is 0.203. The molecule has 1 aliphatic carbocycles. The number of benzene rings is 1. The summed E-state index contributed by atoms with van der Waals surface area (Å²) in [5.41, 5.74) is 2.26. The smallest absolute Gasteiger partial charge is 0.185 e. The van der Waals surface area contributed by atoms with Gasteiger partial charge in [-0.15, -0.1) is 11.3 Å². The molecule has 0 radical (unpaired) electrons. The molecule has 1 N–H and O–H groups in total. The molecule has 1 aliphatic rings. The molecular formula is C16H20ClN3S. The Kier molecular flexibility index (Phi) is 4.48. The van der Waals surface area contributed by atoms with Crippen LogP contribution < -0.4 is 10.2 Å². The fourth-order valence-electron chi connectivity index (χ4n) is 2.26. The van der Waals surface area contributed by atoms with E-state index < -0.39 is 0 Å². The summed E-state index contributed by atoms with van der Waals surface area (Å²) in [7, 11) is 2.07. The van der Waals surface area contributed by atoms with Crippen LogP contribution in [0.25, 0.3) is 0 Å². The predicted molar refractivity (Wildman–Crippen MR) is 90.2 cm³/mol. The maximum absolute atomic E-state index is 6.29. The second-order valence-corrected chi connectivity index (χ2v) is 6.83. The minimum atomic E-state index is 0.203. The topological polar surface area (TPSA) is 28.2 Å². The van der Waals surface area contributed by atoms with Crippen molar-refractivity contribution in [1.82, 2.24) is 10.3 Å². The lowest BCUT2D eigenvalue weighted by molar-refractivity contribution is 0.674. The molecule has 1 aromatic carbocycles. The van der Waals surface area contributed by atoms with Crippen LogP contribution in [0, 0.1) is 0 Å². The number of aromatic nitrogens is 1. The van der Waals surface area contributed by atoms with E-state index in [0.29, 0.717) is 0 Å². The summed E-state index contributed by atoms with van der Waals surface area (Å²) in [4.78, 5) is 6.91. The first kappa shape index (κ1) is 14.8. The Morgan fingerprint density at radius 2 is 2.19 bits per heavy atom. The quantitative estimate of drug-likeness (QED) is 0.862. The zero-order valence-electron chi connectivity index (χ0n) is 12.3. The van der Waals surface area contributed by atoms with Gasteiger partial charge in [-0.25, -0.2) is 4.98 Å². The van der Waals surface area contributed by atoms with E-state index in [-0.39, 0.29) is 6.04 Å². The molecule has 0 spiro atoms. The molecule has 2 aromatic rings. The van der Waals surface area contributed by atoms with E-state index in [4.69, 9.17) is 16.6 Å². The predicted octanol–water partition coefficient (Wildman–Crippen LogP) is 4.25. The van der Waals surface area contributed by atoms with Gasteiger partial charge in [0.15, 0.2) is 5.13 Å². The second-order valence-electron chi connectivity index (χ2n) is 5.58. The molecular weight excluding hydrogens is 302 g/mol. The molecule has 5 heteroatoms. The first-order valence-electron chi connectivity index (χ1n) is 7.30. The average molecular weight is 322 g/mol. The summed E-state index contributed by atoms with van der Waals surface area (Å²) in [5.74, 6) is 0. The van der Waals surface area contributed by atoms with Gasteiger partial charge in [-0.3, -0.25) is 0 Å².